The van der Waals surface area contributed by atoms with Gasteiger partial charge in [-0.05, 0) is 48.9 Å². The summed E-state index contributed by atoms with van der Waals surface area (Å²) in [6.45, 7) is 1.79. The van der Waals surface area contributed by atoms with E-state index in [0.29, 0.717) is 28.7 Å². The fourth-order valence-corrected chi connectivity index (χ4v) is 4.12. The topological polar surface area (TPSA) is 115 Å². The molecule has 4 rings (SSSR count). The van der Waals surface area contributed by atoms with Crippen LogP contribution in [0.2, 0.25) is 5.02 Å². The first-order chi connectivity index (χ1) is 15.0. The lowest BCUT2D eigenvalue weighted by Gasteiger charge is -2.21. The number of halogens is 1. The molecule has 0 spiro atoms. The maximum absolute atomic E-state index is 9.51. The highest BCUT2D eigenvalue weighted by Gasteiger charge is 2.30. The molecule has 7 nitrogen and oxygen atoms in total. The summed E-state index contributed by atoms with van der Waals surface area (Å²) in [5.41, 5.74) is 7.02. The molecule has 0 aliphatic carbocycles. The smallest absolute Gasteiger partial charge is 0.148 e. The van der Waals surface area contributed by atoms with Crippen molar-refractivity contribution in [2.75, 3.05) is 19.8 Å². The second-order valence-electron chi connectivity index (χ2n) is 7.24. The molecule has 2 aromatic carbocycles. The molecule has 0 bridgehead atoms. The molecule has 0 unspecified atom stereocenters. The number of fused-ring (bicyclic) bond motifs is 1. The summed E-state index contributed by atoms with van der Waals surface area (Å²) in [6, 6.07) is 12.9. The highest BCUT2D eigenvalue weighted by atomic mass is 35.5. The predicted octanol–water partition coefficient (Wildman–Crippen LogP) is 4.20. The zero-order valence-corrected chi connectivity index (χ0v) is 18.4. The highest BCUT2D eigenvalue weighted by molar-refractivity contribution is 7.17. The molecule has 9 heteroatoms. The van der Waals surface area contributed by atoms with Crippen molar-refractivity contribution in [2.24, 2.45) is 5.73 Å². The fourth-order valence-electron chi connectivity index (χ4n) is 3.05. The Morgan fingerprint density at radius 2 is 1.74 bits per heavy atom. The van der Waals surface area contributed by atoms with Crippen LogP contribution in [0.4, 0.5) is 0 Å². The van der Waals surface area contributed by atoms with Gasteiger partial charge in [-0.1, -0.05) is 29.9 Å². The third kappa shape index (κ3) is 4.30. The molecule has 0 saturated carbocycles. The molecule has 0 saturated heterocycles. The molecule has 0 amide bonds. The van der Waals surface area contributed by atoms with Crippen molar-refractivity contribution in [3.63, 3.8) is 0 Å². The Hall–Kier alpha value is -2.49. The van der Waals surface area contributed by atoms with Crippen LogP contribution in [0.15, 0.2) is 46.9 Å². The highest BCUT2D eigenvalue weighted by Crippen LogP contribution is 2.36. The summed E-state index contributed by atoms with van der Waals surface area (Å²) in [4.78, 5) is 0. The van der Waals surface area contributed by atoms with E-state index < -0.39 is 18.8 Å². The van der Waals surface area contributed by atoms with Crippen molar-refractivity contribution >= 4 is 33.9 Å². The molecule has 0 fully saturated rings. The van der Waals surface area contributed by atoms with Crippen molar-refractivity contribution in [1.82, 2.24) is 10.2 Å². The van der Waals surface area contributed by atoms with E-state index in [2.05, 4.69) is 10.2 Å². The lowest BCUT2D eigenvalue weighted by Crippen LogP contribution is -2.43. The van der Waals surface area contributed by atoms with Gasteiger partial charge in [-0.2, -0.15) is 0 Å². The number of hydrogen-bond donors (Lipinski definition) is 3. The molecule has 4 N–H and O–H groups in total. The SMILES string of the molecule is CCCOc1ccc(-c2nnc(-c3ccc4oc(C(N)(CO)CO)cc4c3)s2)cc1Cl. The van der Waals surface area contributed by atoms with E-state index in [9.17, 15) is 10.2 Å². The molecule has 0 aliphatic heterocycles. The Morgan fingerprint density at radius 1 is 1.06 bits per heavy atom. The third-order valence-electron chi connectivity index (χ3n) is 4.88. The summed E-state index contributed by atoms with van der Waals surface area (Å²) in [7, 11) is 0. The van der Waals surface area contributed by atoms with Crippen LogP contribution >= 0.6 is 22.9 Å². The molecule has 162 valence electrons. The first kappa shape index (κ1) is 21.7. The maximum Gasteiger partial charge on any atom is 0.148 e. The summed E-state index contributed by atoms with van der Waals surface area (Å²) < 4.78 is 11.3. The van der Waals surface area contributed by atoms with Gasteiger partial charge >= 0.3 is 0 Å². The van der Waals surface area contributed by atoms with E-state index >= 15 is 0 Å². The van der Waals surface area contributed by atoms with Crippen LogP contribution in [-0.4, -0.2) is 40.2 Å². The monoisotopic (exact) mass is 459 g/mol. The van der Waals surface area contributed by atoms with Crippen molar-refractivity contribution in [1.29, 1.82) is 0 Å². The van der Waals surface area contributed by atoms with Gasteiger partial charge in [0.15, 0.2) is 0 Å². The van der Waals surface area contributed by atoms with E-state index in [4.69, 9.17) is 26.5 Å². The van der Waals surface area contributed by atoms with Gasteiger partial charge < -0.3 is 25.1 Å². The summed E-state index contributed by atoms with van der Waals surface area (Å²) >= 11 is 7.79. The molecule has 0 atom stereocenters. The lowest BCUT2D eigenvalue weighted by atomic mass is 10.00. The molecule has 0 radical (unpaired) electrons. The standard InChI is InChI=1S/C22H22ClN3O4S/c1-2-7-29-18-6-4-14(9-16(18)23)21-26-25-20(31-21)13-3-5-17-15(8-13)10-19(30-17)22(24,11-27)12-28/h3-6,8-10,27-28H,2,7,11-12,24H2,1H3. The number of hydrogen-bond acceptors (Lipinski definition) is 8. The molecule has 2 aromatic heterocycles. The predicted molar refractivity (Wildman–Crippen MR) is 121 cm³/mol. The quantitative estimate of drug-likeness (QED) is 0.361. The Labute approximate surface area is 188 Å². The number of benzene rings is 2. The van der Waals surface area contributed by atoms with E-state index in [0.717, 1.165) is 32.9 Å². The molecule has 4 aromatic rings. The number of nitrogens with zero attached hydrogens (tertiary/aromatic N) is 2. The Balaban J connectivity index is 1.62. The van der Waals surface area contributed by atoms with Crippen molar-refractivity contribution in [2.45, 2.75) is 18.9 Å². The van der Waals surface area contributed by atoms with Gasteiger partial charge in [0.25, 0.3) is 0 Å². The number of aliphatic hydroxyl groups excluding tert-OH is 2. The first-order valence-corrected chi connectivity index (χ1v) is 11.0. The van der Waals surface area contributed by atoms with Gasteiger partial charge in [0, 0.05) is 16.5 Å². The lowest BCUT2D eigenvalue weighted by molar-refractivity contribution is 0.105. The molecule has 0 aliphatic rings. The Morgan fingerprint density at radius 3 is 2.39 bits per heavy atom. The summed E-state index contributed by atoms with van der Waals surface area (Å²) in [5.74, 6) is 0.975. The minimum atomic E-state index is -1.33. The average Bonchev–Trinajstić information content (AvgIpc) is 3.45. The molecule has 2 heterocycles. The molecular formula is C22H22ClN3O4S. The third-order valence-corrected chi connectivity index (χ3v) is 6.20. The van der Waals surface area contributed by atoms with Gasteiger partial charge in [0.05, 0.1) is 24.8 Å². The van der Waals surface area contributed by atoms with Crippen molar-refractivity contribution < 1.29 is 19.4 Å². The normalized spacial score (nSPS) is 11.9. The van der Waals surface area contributed by atoms with Gasteiger partial charge in [0.2, 0.25) is 0 Å². The first-order valence-electron chi connectivity index (χ1n) is 9.78. The number of rotatable bonds is 8. The number of ether oxygens (including phenoxy) is 1. The Kier molecular flexibility index (Phi) is 6.27. The summed E-state index contributed by atoms with van der Waals surface area (Å²) in [6.07, 6.45) is 0.909. The molecule has 31 heavy (non-hydrogen) atoms. The van der Waals surface area contributed by atoms with E-state index in [1.807, 2.05) is 37.3 Å². The summed E-state index contributed by atoms with van der Waals surface area (Å²) in [5, 5.41) is 30.5. The van der Waals surface area contributed by atoms with Gasteiger partial charge in [0.1, 0.15) is 32.6 Å². The Bertz CT molecular complexity index is 1200. The average molecular weight is 460 g/mol. The fraction of sp³-hybridized carbons (Fsp3) is 0.273. The van der Waals surface area contributed by atoms with Crippen LogP contribution in [0.3, 0.4) is 0 Å². The van der Waals surface area contributed by atoms with Crippen LogP contribution in [0, 0.1) is 0 Å². The number of aliphatic hydroxyl groups is 2. The zero-order chi connectivity index (χ0) is 22.0. The second-order valence-corrected chi connectivity index (χ2v) is 8.63. The second kappa shape index (κ2) is 8.94. The van der Waals surface area contributed by atoms with Crippen molar-refractivity contribution in [3.05, 3.63) is 53.2 Å². The van der Waals surface area contributed by atoms with Crippen LogP contribution in [0.25, 0.3) is 32.1 Å². The largest absolute Gasteiger partial charge is 0.492 e. The van der Waals surface area contributed by atoms with Crippen LogP contribution < -0.4 is 10.5 Å². The van der Waals surface area contributed by atoms with Crippen LogP contribution in [0.1, 0.15) is 19.1 Å². The number of nitrogens with two attached hydrogens (primary N) is 1. The number of furan rings is 1. The van der Waals surface area contributed by atoms with Gasteiger partial charge in [-0.3, -0.25) is 0 Å². The van der Waals surface area contributed by atoms with E-state index in [-0.39, 0.29) is 0 Å². The maximum atomic E-state index is 9.51. The van der Waals surface area contributed by atoms with E-state index in [1.54, 1.807) is 12.1 Å². The van der Waals surface area contributed by atoms with Crippen molar-refractivity contribution in [3.8, 4) is 26.9 Å². The van der Waals surface area contributed by atoms with Gasteiger partial charge in [-0.15, -0.1) is 10.2 Å². The molecular weight excluding hydrogens is 438 g/mol. The van der Waals surface area contributed by atoms with Gasteiger partial charge in [-0.25, -0.2) is 0 Å². The zero-order valence-electron chi connectivity index (χ0n) is 16.8. The van der Waals surface area contributed by atoms with Crippen LogP contribution in [0.5, 0.6) is 5.75 Å². The number of aromatic nitrogens is 2. The minimum absolute atomic E-state index is 0.322. The van der Waals surface area contributed by atoms with E-state index in [1.165, 1.54) is 11.3 Å². The minimum Gasteiger partial charge on any atom is -0.492 e. The van der Waals surface area contributed by atoms with Crippen LogP contribution in [-0.2, 0) is 5.54 Å².